The number of hydrogen-bond donors (Lipinski definition) is 1. The lowest BCUT2D eigenvalue weighted by Gasteiger charge is -2.42. The number of aliphatic carboxylic acids is 1. The molecule has 1 N–H and O–H groups in total. The van der Waals surface area contributed by atoms with Gasteiger partial charge in [0.05, 0.1) is 23.8 Å². The summed E-state index contributed by atoms with van der Waals surface area (Å²) in [5, 5.41) is 9.26. The zero-order valence-electron chi connectivity index (χ0n) is 12.1. The van der Waals surface area contributed by atoms with Crippen LogP contribution in [0.2, 0.25) is 0 Å². The average Bonchev–Trinajstić information content (AvgIpc) is 2.72. The molecular weight excluding hydrogens is 270 g/mol. The molecule has 3 aliphatic rings. The largest absolute Gasteiger partial charge is 0.481 e. The Hall–Kier alpha value is -1.65. The van der Waals surface area contributed by atoms with Gasteiger partial charge >= 0.3 is 5.97 Å². The summed E-state index contributed by atoms with van der Waals surface area (Å²) >= 11 is 0. The molecule has 0 unspecified atom stereocenters. The quantitative estimate of drug-likeness (QED) is 0.638. The number of rotatable bonds is 3. The summed E-state index contributed by atoms with van der Waals surface area (Å²) in [5.74, 6) is -1.74. The molecule has 0 bridgehead atoms. The SMILES string of the molecule is O=C(O)CC1(N2C(=O)[C@H]3CC=CC[C@H]3C2=O)CCCCC1. The first-order chi connectivity index (χ1) is 10.1. The Morgan fingerprint density at radius 2 is 1.62 bits per heavy atom. The van der Waals surface area contributed by atoms with Crippen molar-refractivity contribution >= 4 is 17.8 Å². The lowest BCUT2D eigenvalue weighted by Crippen LogP contribution is -2.54. The van der Waals surface area contributed by atoms with Gasteiger partial charge in [0.2, 0.25) is 11.8 Å². The van der Waals surface area contributed by atoms with Crippen molar-refractivity contribution in [1.82, 2.24) is 4.90 Å². The highest BCUT2D eigenvalue weighted by atomic mass is 16.4. The van der Waals surface area contributed by atoms with Crippen molar-refractivity contribution in [3.63, 3.8) is 0 Å². The van der Waals surface area contributed by atoms with E-state index in [9.17, 15) is 19.5 Å². The van der Waals surface area contributed by atoms with Crippen LogP contribution in [0.1, 0.15) is 51.4 Å². The van der Waals surface area contributed by atoms with E-state index in [0.717, 1.165) is 19.3 Å². The second-order valence-electron chi connectivity index (χ2n) is 6.52. The number of allylic oxidation sites excluding steroid dienone is 2. The predicted molar refractivity (Wildman–Crippen MR) is 75.3 cm³/mol. The van der Waals surface area contributed by atoms with Crippen LogP contribution in [0.4, 0.5) is 0 Å². The molecule has 21 heavy (non-hydrogen) atoms. The molecule has 2 aliphatic carbocycles. The first kappa shape index (κ1) is 14.3. The molecule has 1 heterocycles. The van der Waals surface area contributed by atoms with Gasteiger partial charge in [0.15, 0.2) is 0 Å². The van der Waals surface area contributed by atoms with Crippen LogP contribution in [-0.4, -0.2) is 33.3 Å². The maximum Gasteiger partial charge on any atom is 0.305 e. The molecule has 2 fully saturated rings. The lowest BCUT2D eigenvalue weighted by molar-refractivity contribution is -0.153. The monoisotopic (exact) mass is 291 g/mol. The van der Waals surface area contributed by atoms with Gasteiger partial charge in [-0.15, -0.1) is 0 Å². The first-order valence-electron chi connectivity index (χ1n) is 7.80. The standard InChI is InChI=1S/C16H21NO4/c18-13(19)10-16(8-4-1-5-9-16)17-14(20)11-6-2-3-7-12(11)15(17)21/h2-3,11-12H,1,4-10H2,(H,18,19)/t11-,12+. The van der Waals surface area contributed by atoms with Gasteiger partial charge in [-0.2, -0.15) is 0 Å². The van der Waals surface area contributed by atoms with Crippen LogP contribution in [0.25, 0.3) is 0 Å². The van der Waals surface area contributed by atoms with E-state index in [1.165, 1.54) is 4.90 Å². The Morgan fingerprint density at radius 3 is 2.10 bits per heavy atom. The van der Waals surface area contributed by atoms with Gasteiger partial charge in [-0.3, -0.25) is 19.3 Å². The first-order valence-corrected chi connectivity index (χ1v) is 7.80. The van der Waals surface area contributed by atoms with Gasteiger partial charge in [-0.1, -0.05) is 31.4 Å². The van der Waals surface area contributed by atoms with Crippen LogP contribution < -0.4 is 0 Å². The highest BCUT2D eigenvalue weighted by Gasteiger charge is 2.55. The molecule has 5 nitrogen and oxygen atoms in total. The van der Waals surface area contributed by atoms with Gasteiger partial charge in [0, 0.05) is 0 Å². The minimum absolute atomic E-state index is 0.114. The van der Waals surface area contributed by atoms with E-state index in [-0.39, 0.29) is 30.1 Å². The molecule has 0 spiro atoms. The summed E-state index contributed by atoms with van der Waals surface area (Å²) in [6.07, 6.45) is 9.09. The number of imide groups is 1. The molecular formula is C16H21NO4. The number of carboxylic acid groups (broad SMARTS) is 1. The maximum atomic E-state index is 12.7. The third kappa shape index (κ3) is 2.28. The molecule has 3 rings (SSSR count). The second-order valence-corrected chi connectivity index (χ2v) is 6.52. The minimum Gasteiger partial charge on any atom is -0.481 e. The van der Waals surface area contributed by atoms with Crippen LogP contribution in [0.15, 0.2) is 12.2 Å². The normalized spacial score (nSPS) is 31.3. The number of amides is 2. The number of carbonyl (C=O) groups is 3. The Balaban J connectivity index is 1.94. The Labute approximate surface area is 124 Å². The average molecular weight is 291 g/mol. The van der Waals surface area contributed by atoms with Gasteiger partial charge < -0.3 is 5.11 Å². The fraction of sp³-hybridized carbons (Fsp3) is 0.688. The van der Waals surface area contributed by atoms with Crippen molar-refractivity contribution in [2.75, 3.05) is 0 Å². The highest BCUT2D eigenvalue weighted by Crippen LogP contribution is 2.44. The smallest absolute Gasteiger partial charge is 0.305 e. The summed E-state index contributed by atoms with van der Waals surface area (Å²) < 4.78 is 0. The number of hydrogen-bond acceptors (Lipinski definition) is 3. The summed E-state index contributed by atoms with van der Waals surface area (Å²) in [4.78, 5) is 38.1. The molecule has 0 aromatic rings. The van der Waals surface area contributed by atoms with Crippen LogP contribution in [0.5, 0.6) is 0 Å². The summed E-state index contributed by atoms with van der Waals surface area (Å²) in [7, 11) is 0. The number of likely N-dealkylation sites (tertiary alicyclic amines) is 1. The van der Waals surface area contributed by atoms with E-state index >= 15 is 0 Å². The van der Waals surface area contributed by atoms with Crippen molar-refractivity contribution in [3.05, 3.63) is 12.2 Å². The van der Waals surface area contributed by atoms with Crippen molar-refractivity contribution in [2.45, 2.75) is 56.9 Å². The van der Waals surface area contributed by atoms with Gasteiger partial charge in [0.1, 0.15) is 0 Å². The molecule has 114 valence electrons. The van der Waals surface area contributed by atoms with Crippen LogP contribution in [-0.2, 0) is 14.4 Å². The lowest BCUT2D eigenvalue weighted by atomic mass is 9.78. The van der Waals surface area contributed by atoms with E-state index in [2.05, 4.69) is 0 Å². The van der Waals surface area contributed by atoms with Gasteiger partial charge in [-0.05, 0) is 25.7 Å². The fourth-order valence-corrected chi connectivity index (χ4v) is 4.24. The number of nitrogens with zero attached hydrogens (tertiary/aromatic N) is 1. The highest BCUT2D eigenvalue weighted by molar-refractivity contribution is 6.06. The van der Waals surface area contributed by atoms with Crippen LogP contribution in [0, 0.1) is 11.8 Å². The van der Waals surface area contributed by atoms with Crippen molar-refractivity contribution in [3.8, 4) is 0 Å². The van der Waals surface area contributed by atoms with E-state index in [1.54, 1.807) is 0 Å². The van der Waals surface area contributed by atoms with E-state index in [4.69, 9.17) is 0 Å². The van der Waals surface area contributed by atoms with Crippen molar-refractivity contribution in [1.29, 1.82) is 0 Å². The molecule has 2 amide bonds. The van der Waals surface area contributed by atoms with Gasteiger partial charge in [-0.25, -0.2) is 0 Å². The summed E-state index contributed by atoms with van der Waals surface area (Å²) in [5.41, 5.74) is -0.782. The summed E-state index contributed by atoms with van der Waals surface area (Å²) in [6, 6.07) is 0. The Bertz CT molecular complexity index is 478. The molecule has 1 saturated heterocycles. The molecule has 1 saturated carbocycles. The second kappa shape index (κ2) is 5.28. The molecule has 2 atom stereocenters. The molecule has 5 heteroatoms. The summed E-state index contributed by atoms with van der Waals surface area (Å²) in [6.45, 7) is 0. The zero-order chi connectivity index (χ0) is 15.0. The van der Waals surface area contributed by atoms with E-state index in [1.807, 2.05) is 12.2 Å². The Morgan fingerprint density at radius 1 is 1.10 bits per heavy atom. The van der Waals surface area contributed by atoms with Crippen molar-refractivity contribution < 1.29 is 19.5 Å². The third-order valence-corrected chi connectivity index (χ3v) is 5.25. The van der Waals surface area contributed by atoms with E-state index in [0.29, 0.717) is 25.7 Å². The third-order valence-electron chi connectivity index (χ3n) is 5.25. The van der Waals surface area contributed by atoms with Crippen LogP contribution >= 0.6 is 0 Å². The predicted octanol–water partition coefficient (Wildman–Crippen LogP) is 2.12. The molecule has 0 aromatic heterocycles. The topological polar surface area (TPSA) is 74.7 Å². The molecule has 0 aromatic carbocycles. The number of carbonyl (C=O) groups excluding carboxylic acids is 2. The van der Waals surface area contributed by atoms with Crippen LogP contribution in [0.3, 0.4) is 0 Å². The Kier molecular flexibility index (Phi) is 3.59. The van der Waals surface area contributed by atoms with E-state index < -0.39 is 11.5 Å². The number of fused-ring (bicyclic) bond motifs is 1. The fourth-order valence-electron chi connectivity index (χ4n) is 4.24. The minimum atomic E-state index is -0.925. The number of carboxylic acids is 1. The zero-order valence-corrected chi connectivity index (χ0v) is 12.1. The molecule has 0 radical (unpaired) electrons. The maximum absolute atomic E-state index is 12.7. The molecule has 1 aliphatic heterocycles. The van der Waals surface area contributed by atoms with Crippen molar-refractivity contribution in [2.24, 2.45) is 11.8 Å². The van der Waals surface area contributed by atoms with Gasteiger partial charge in [0.25, 0.3) is 0 Å².